The van der Waals surface area contributed by atoms with E-state index in [1.807, 2.05) is 0 Å². The molecule has 4 nitrogen and oxygen atoms in total. The molecule has 0 saturated carbocycles. The summed E-state index contributed by atoms with van der Waals surface area (Å²) in [5.41, 5.74) is 1.35. The molecule has 0 unspecified atom stereocenters. The van der Waals surface area contributed by atoms with E-state index in [4.69, 9.17) is 0 Å². The maximum atomic E-state index is 10.6. The van der Waals surface area contributed by atoms with Crippen molar-refractivity contribution in [1.82, 2.24) is 10.3 Å². The Labute approximate surface area is 57.3 Å². The van der Waals surface area contributed by atoms with Crippen LogP contribution in [0.5, 0.6) is 0 Å². The average molecular weight is 134 g/mol. The molecule has 2 rings (SSSR count). The number of nitrogens with one attached hydrogen (secondary N) is 1. The number of rotatable bonds is 0. The van der Waals surface area contributed by atoms with E-state index in [1.165, 1.54) is 0 Å². The van der Waals surface area contributed by atoms with E-state index >= 15 is 0 Å². The lowest BCUT2D eigenvalue weighted by molar-refractivity contribution is 0.256. The third-order valence-corrected chi connectivity index (χ3v) is 1.26. The molecule has 1 radical (unpaired) electrons. The molecule has 1 aliphatic heterocycles. The van der Waals surface area contributed by atoms with E-state index in [2.05, 4.69) is 15.6 Å². The third-order valence-electron chi connectivity index (χ3n) is 1.26. The molecule has 0 atom stereocenters. The number of anilines is 1. The van der Waals surface area contributed by atoms with Crippen LogP contribution in [-0.4, -0.2) is 11.0 Å². The lowest BCUT2D eigenvalue weighted by atomic mass is 10.4. The maximum absolute atomic E-state index is 10.6. The highest BCUT2D eigenvalue weighted by Crippen LogP contribution is 2.24. The molecule has 4 heteroatoms. The number of urea groups is 1. The van der Waals surface area contributed by atoms with E-state index in [1.54, 1.807) is 18.5 Å². The Morgan fingerprint density at radius 3 is 3.20 bits per heavy atom. The summed E-state index contributed by atoms with van der Waals surface area (Å²) >= 11 is 0. The van der Waals surface area contributed by atoms with Gasteiger partial charge in [0, 0.05) is 6.20 Å². The first-order valence-electron chi connectivity index (χ1n) is 2.83. The van der Waals surface area contributed by atoms with Gasteiger partial charge in [0.25, 0.3) is 0 Å². The molecule has 2 heterocycles. The van der Waals surface area contributed by atoms with Crippen LogP contribution in [-0.2, 0) is 0 Å². The minimum absolute atomic E-state index is 0.317. The third kappa shape index (κ3) is 0.621. The quantitative estimate of drug-likeness (QED) is 0.572. The molecule has 0 bridgehead atoms. The maximum Gasteiger partial charge on any atom is 0.346 e. The number of pyridine rings is 1. The van der Waals surface area contributed by atoms with Gasteiger partial charge in [-0.2, -0.15) is 5.32 Å². The minimum Gasteiger partial charge on any atom is -0.303 e. The van der Waals surface area contributed by atoms with Gasteiger partial charge >= 0.3 is 6.03 Å². The van der Waals surface area contributed by atoms with Crippen LogP contribution in [0.2, 0.25) is 0 Å². The lowest BCUT2D eigenvalue weighted by Crippen LogP contribution is -2.08. The standard InChI is InChI=1S/C6H4N3O/c10-6-8-4-1-2-7-3-5(4)9-6/h1-3H,(H,9,10). The van der Waals surface area contributed by atoms with Gasteiger partial charge in [-0.25, -0.2) is 4.79 Å². The van der Waals surface area contributed by atoms with Crippen molar-refractivity contribution in [3.05, 3.63) is 18.5 Å². The van der Waals surface area contributed by atoms with Gasteiger partial charge in [-0.1, -0.05) is 0 Å². The van der Waals surface area contributed by atoms with Gasteiger partial charge in [-0.3, -0.25) is 4.98 Å². The van der Waals surface area contributed by atoms with Crippen molar-refractivity contribution in [2.75, 3.05) is 5.32 Å². The van der Waals surface area contributed by atoms with Crippen molar-refractivity contribution in [2.45, 2.75) is 0 Å². The summed E-state index contributed by atoms with van der Waals surface area (Å²) in [5, 5.41) is 6.19. The molecular weight excluding hydrogens is 130 g/mol. The zero-order valence-corrected chi connectivity index (χ0v) is 5.03. The highest BCUT2D eigenvalue weighted by molar-refractivity contribution is 6.01. The number of nitrogens with zero attached hydrogens (tertiary/aromatic N) is 2. The largest absolute Gasteiger partial charge is 0.346 e. The molecular formula is C6H4N3O. The van der Waals surface area contributed by atoms with Gasteiger partial charge < -0.3 is 5.32 Å². The molecule has 0 spiro atoms. The molecule has 0 fully saturated rings. The van der Waals surface area contributed by atoms with Gasteiger partial charge in [-0.15, -0.1) is 0 Å². The molecule has 0 aliphatic carbocycles. The number of carbonyl (C=O) groups is 1. The zero-order chi connectivity index (χ0) is 6.97. The van der Waals surface area contributed by atoms with Gasteiger partial charge in [0.1, 0.15) is 0 Å². The summed E-state index contributed by atoms with van der Waals surface area (Å²) in [6.45, 7) is 0. The average Bonchev–Trinajstić information content (AvgIpc) is 2.27. The fraction of sp³-hybridized carbons (Fsp3) is 0. The smallest absolute Gasteiger partial charge is 0.303 e. The molecule has 0 saturated heterocycles. The van der Waals surface area contributed by atoms with Crippen molar-refractivity contribution in [3.8, 4) is 0 Å². The van der Waals surface area contributed by atoms with Crippen LogP contribution >= 0.6 is 0 Å². The summed E-state index contributed by atoms with van der Waals surface area (Å²) in [7, 11) is 0. The predicted octanol–water partition coefficient (Wildman–Crippen LogP) is 0.863. The van der Waals surface area contributed by atoms with E-state index < -0.39 is 0 Å². The van der Waals surface area contributed by atoms with E-state index in [0.717, 1.165) is 0 Å². The first-order valence-corrected chi connectivity index (χ1v) is 2.83. The van der Waals surface area contributed by atoms with Crippen LogP contribution in [0.1, 0.15) is 0 Å². The molecule has 1 aromatic rings. The van der Waals surface area contributed by atoms with Gasteiger partial charge in [0.05, 0.1) is 17.6 Å². The highest BCUT2D eigenvalue weighted by atomic mass is 16.2. The second-order valence-corrected chi connectivity index (χ2v) is 1.93. The molecule has 2 amide bonds. The summed E-state index contributed by atoms with van der Waals surface area (Å²) < 4.78 is 0. The summed E-state index contributed by atoms with van der Waals surface area (Å²) in [5.74, 6) is 0. The summed E-state index contributed by atoms with van der Waals surface area (Å²) in [6, 6.07) is 1.37. The molecule has 49 valence electrons. The Morgan fingerprint density at radius 2 is 2.40 bits per heavy atom. The number of hydrogen-bond donors (Lipinski definition) is 1. The van der Waals surface area contributed by atoms with Gasteiger partial charge in [-0.05, 0) is 6.07 Å². The minimum atomic E-state index is -0.317. The van der Waals surface area contributed by atoms with E-state index in [-0.39, 0.29) is 6.03 Å². The second kappa shape index (κ2) is 1.70. The Kier molecular flexibility index (Phi) is 0.887. The Morgan fingerprint density at radius 1 is 1.50 bits per heavy atom. The Hall–Kier alpha value is -1.58. The fourth-order valence-corrected chi connectivity index (χ4v) is 0.833. The van der Waals surface area contributed by atoms with E-state index in [9.17, 15) is 4.79 Å². The van der Waals surface area contributed by atoms with Crippen LogP contribution in [0.3, 0.4) is 0 Å². The van der Waals surface area contributed by atoms with Crippen molar-refractivity contribution in [3.63, 3.8) is 0 Å². The Balaban J connectivity index is 2.51. The molecule has 1 N–H and O–H groups in total. The SMILES string of the molecule is O=C1[N]c2ccncc2N1. The van der Waals surface area contributed by atoms with Crippen LogP contribution in [0, 0.1) is 0 Å². The van der Waals surface area contributed by atoms with Crippen molar-refractivity contribution >= 4 is 17.4 Å². The van der Waals surface area contributed by atoms with Gasteiger partial charge in [0.2, 0.25) is 0 Å². The molecule has 1 aliphatic rings. The van der Waals surface area contributed by atoms with Crippen molar-refractivity contribution < 1.29 is 4.79 Å². The van der Waals surface area contributed by atoms with Gasteiger partial charge in [0.15, 0.2) is 0 Å². The summed E-state index contributed by atoms with van der Waals surface area (Å²) in [6.07, 6.45) is 3.17. The first-order chi connectivity index (χ1) is 4.86. The lowest BCUT2D eigenvalue weighted by Gasteiger charge is -1.89. The molecule has 10 heavy (non-hydrogen) atoms. The number of carbonyl (C=O) groups excluding carboxylic acids is 1. The van der Waals surface area contributed by atoms with Crippen LogP contribution in [0.25, 0.3) is 0 Å². The van der Waals surface area contributed by atoms with Crippen LogP contribution < -0.4 is 10.6 Å². The number of hydrogen-bond acceptors (Lipinski definition) is 2. The number of aromatic nitrogens is 1. The highest BCUT2D eigenvalue weighted by Gasteiger charge is 2.17. The van der Waals surface area contributed by atoms with E-state index in [0.29, 0.717) is 11.4 Å². The topological polar surface area (TPSA) is 56.1 Å². The first kappa shape index (κ1) is 5.22. The molecule has 0 aromatic carbocycles. The van der Waals surface area contributed by atoms with Crippen LogP contribution in [0.4, 0.5) is 16.2 Å². The predicted molar refractivity (Wildman–Crippen MR) is 35.0 cm³/mol. The molecule has 1 aromatic heterocycles. The summed E-state index contributed by atoms with van der Waals surface area (Å²) in [4.78, 5) is 14.4. The van der Waals surface area contributed by atoms with Crippen LogP contribution in [0.15, 0.2) is 18.5 Å². The zero-order valence-electron chi connectivity index (χ0n) is 5.03. The normalized spacial score (nSPS) is 13.8. The monoisotopic (exact) mass is 134 g/mol. The number of fused-ring (bicyclic) bond motifs is 1. The Bertz CT molecular complexity index is 257. The second-order valence-electron chi connectivity index (χ2n) is 1.93. The fourth-order valence-electron chi connectivity index (χ4n) is 0.833. The van der Waals surface area contributed by atoms with Crippen molar-refractivity contribution in [2.24, 2.45) is 0 Å². The van der Waals surface area contributed by atoms with Crippen molar-refractivity contribution in [1.29, 1.82) is 0 Å². The number of amides is 2.